The van der Waals surface area contributed by atoms with Crippen LogP contribution in [0.3, 0.4) is 0 Å². The molecule has 0 radical (unpaired) electrons. The van der Waals surface area contributed by atoms with Crippen molar-refractivity contribution in [3.63, 3.8) is 0 Å². The van der Waals surface area contributed by atoms with E-state index in [1.165, 1.54) is 0 Å². The van der Waals surface area contributed by atoms with Crippen molar-refractivity contribution in [3.8, 4) is 0 Å². The number of nitrogens with zero attached hydrogens (tertiary/aromatic N) is 2. The highest BCUT2D eigenvalue weighted by atomic mass is 35.5. The lowest BCUT2D eigenvalue weighted by molar-refractivity contribution is 0.281. The topological polar surface area (TPSA) is 38.0 Å². The van der Waals surface area contributed by atoms with Gasteiger partial charge in [0.2, 0.25) is 0 Å². The summed E-state index contributed by atoms with van der Waals surface area (Å²) in [4.78, 5) is 0. The summed E-state index contributed by atoms with van der Waals surface area (Å²) in [6.07, 6.45) is 0. The largest absolute Gasteiger partial charge is 0.391 e. The van der Waals surface area contributed by atoms with Gasteiger partial charge in [-0.2, -0.15) is 5.10 Å². The molecule has 3 nitrogen and oxygen atoms in total. The first kappa shape index (κ1) is 11.2. The number of aryl methyl sites for hydroxylation is 1. The Morgan fingerprint density at radius 3 is 2.56 bits per heavy atom. The van der Waals surface area contributed by atoms with Crippen molar-refractivity contribution in [3.05, 3.63) is 52.3 Å². The lowest BCUT2D eigenvalue weighted by Gasteiger charge is -2.03. The van der Waals surface area contributed by atoms with Crippen molar-refractivity contribution in [2.24, 2.45) is 0 Å². The Labute approximate surface area is 99.3 Å². The summed E-state index contributed by atoms with van der Waals surface area (Å²) >= 11 is 6.12. The Kier molecular flexibility index (Phi) is 3.27. The van der Waals surface area contributed by atoms with Gasteiger partial charge in [0.1, 0.15) is 5.15 Å². The van der Waals surface area contributed by atoms with E-state index in [0.29, 0.717) is 17.3 Å². The molecule has 1 heterocycles. The van der Waals surface area contributed by atoms with Gasteiger partial charge >= 0.3 is 0 Å². The molecule has 2 aromatic rings. The van der Waals surface area contributed by atoms with Crippen LogP contribution in [0.25, 0.3) is 0 Å². The minimum absolute atomic E-state index is 0.0700. The lowest BCUT2D eigenvalue weighted by atomic mass is 10.2. The van der Waals surface area contributed by atoms with Crippen LogP contribution in [-0.4, -0.2) is 14.9 Å². The van der Waals surface area contributed by atoms with Crippen molar-refractivity contribution in [1.29, 1.82) is 0 Å². The van der Waals surface area contributed by atoms with E-state index in [9.17, 15) is 0 Å². The molecule has 0 aliphatic heterocycles. The molecule has 0 aliphatic rings. The van der Waals surface area contributed by atoms with Gasteiger partial charge in [-0.3, -0.25) is 0 Å². The Balaban J connectivity index is 2.29. The summed E-state index contributed by atoms with van der Waals surface area (Å²) < 4.78 is 1.71. The van der Waals surface area contributed by atoms with Crippen LogP contribution in [-0.2, 0) is 13.2 Å². The molecule has 0 amide bonds. The Morgan fingerprint density at radius 1 is 1.31 bits per heavy atom. The third-order valence-electron chi connectivity index (χ3n) is 2.52. The zero-order valence-corrected chi connectivity index (χ0v) is 9.78. The second kappa shape index (κ2) is 4.68. The summed E-state index contributed by atoms with van der Waals surface area (Å²) in [6, 6.07) is 9.97. The minimum atomic E-state index is -0.0700. The first-order valence-electron chi connectivity index (χ1n) is 5.09. The normalized spacial score (nSPS) is 10.7. The second-order valence-electron chi connectivity index (χ2n) is 3.66. The Bertz CT molecular complexity index is 479. The van der Waals surface area contributed by atoms with Crippen molar-refractivity contribution in [1.82, 2.24) is 9.78 Å². The van der Waals surface area contributed by atoms with Gasteiger partial charge in [-0.05, 0) is 12.5 Å². The predicted octanol–water partition coefficient (Wildman–Crippen LogP) is 2.39. The molecular formula is C12H13ClN2O. The third-order valence-corrected chi connectivity index (χ3v) is 2.94. The van der Waals surface area contributed by atoms with Crippen LogP contribution >= 0.6 is 11.6 Å². The van der Waals surface area contributed by atoms with Crippen LogP contribution in [0.1, 0.15) is 16.8 Å². The van der Waals surface area contributed by atoms with Crippen LogP contribution in [0, 0.1) is 6.92 Å². The first-order valence-corrected chi connectivity index (χ1v) is 5.46. The molecule has 4 heteroatoms. The Morgan fingerprint density at radius 2 is 2.00 bits per heavy atom. The smallest absolute Gasteiger partial charge is 0.133 e. The lowest BCUT2D eigenvalue weighted by Crippen LogP contribution is -2.01. The number of aliphatic hydroxyl groups excluding tert-OH is 1. The van der Waals surface area contributed by atoms with Gasteiger partial charge in [0, 0.05) is 5.56 Å². The van der Waals surface area contributed by atoms with E-state index >= 15 is 0 Å². The quantitative estimate of drug-likeness (QED) is 0.889. The first-order chi connectivity index (χ1) is 7.72. The summed E-state index contributed by atoms with van der Waals surface area (Å²) in [6.45, 7) is 2.40. The fourth-order valence-electron chi connectivity index (χ4n) is 1.63. The fraction of sp³-hybridized carbons (Fsp3) is 0.250. The van der Waals surface area contributed by atoms with Crippen molar-refractivity contribution >= 4 is 11.6 Å². The zero-order chi connectivity index (χ0) is 11.5. The summed E-state index contributed by atoms with van der Waals surface area (Å²) in [5, 5.41) is 14.0. The minimum Gasteiger partial charge on any atom is -0.391 e. The molecule has 0 saturated heterocycles. The van der Waals surface area contributed by atoms with Gasteiger partial charge in [0.25, 0.3) is 0 Å². The fourth-order valence-corrected chi connectivity index (χ4v) is 1.93. The summed E-state index contributed by atoms with van der Waals surface area (Å²) in [7, 11) is 0. The highest BCUT2D eigenvalue weighted by molar-refractivity contribution is 6.30. The summed E-state index contributed by atoms with van der Waals surface area (Å²) in [5.74, 6) is 0. The van der Waals surface area contributed by atoms with Crippen LogP contribution in [0.2, 0.25) is 5.15 Å². The molecule has 0 fully saturated rings. The van der Waals surface area contributed by atoms with Gasteiger partial charge < -0.3 is 5.11 Å². The maximum atomic E-state index is 9.14. The van der Waals surface area contributed by atoms with E-state index in [0.717, 1.165) is 11.3 Å². The molecule has 0 unspecified atom stereocenters. The van der Waals surface area contributed by atoms with Gasteiger partial charge in [0.15, 0.2) is 0 Å². The predicted molar refractivity (Wildman–Crippen MR) is 63.4 cm³/mol. The molecule has 0 aliphatic carbocycles. The number of halogens is 1. The molecule has 1 aromatic carbocycles. The van der Waals surface area contributed by atoms with E-state index in [-0.39, 0.29) is 6.61 Å². The van der Waals surface area contributed by atoms with Gasteiger partial charge in [-0.1, -0.05) is 41.9 Å². The molecule has 1 aromatic heterocycles. The molecule has 16 heavy (non-hydrogen) atoms. The molecule has 0 bridgehead atoms. The highest BCUT2D eigenvalue weighted by Crippen LogP contribution is 2.20. The van der Waals surface area contributed by atoms with E-state index in [1.54, 1.807) is 4.68 Å². The van der Waals surface area contributed by atoms with E-state index in [1.807, 2.05) is 37.3 Å². The Hall–Kier alpha value is -1.32. The zero-order valence-electron chi connectivity index (χ0n) is 9.02. The number of aliphatic hydroxyl groups is 1. The standard InChI is InChI=1S/C12H13ClN2O/c1-9-11(8-16)12(13)15(14-9)7-10-5-3-2-4-6-10/h2-6,16H,7-8H2,1H3. The van der Waals surface area contributed by atoms with Gasteiger partial charge in [-0.25, -0.2) is 4.68 Å². The maximum Gasteiger partial charge on any atom is 0.133 e. The number of rotatable bonds is 3. The van der Waals surface area contributed by atoms with Crippen molar-refractivity contribution < 1.29 is 5.11 Å². The van der Waals surface area contributed by atoms with Crippen molar-refractivity contribution in [2.75, 3.05) is 0 Å². The van der Waals surface area contributed by atoms with Crippen LogP contribution < -0.4 is 0 Å². The van der Waals surface area contributed by atoms with Crippen molar-refractivity contribution in [2.45, 2.75) is 20.1 Å². The van der Waals surface area contributed by atoms with E-state index < -0.39 is 0 Å². The highest BCUT2D eigenvalue weighted by Gasteiger charge is 2.12. The number of hydrogen-bond donors (Lipinski definition) is 1. The van der Waals surface area contributed by atoms with Crippen LogP contribution in [0.4, 0.5) is 0 Å². The van der Waals surface area contributed by atoms with Gasteiger partial charge in [-0.15, -0.1) is 0 Å². The summed E-state index contributed by atoms with van der Waals surface area (Å²) in [5.41, 5.74) is 2.62. The molecule has 2 rings (SSSR count). The SMILES string of the molecule is Cc1nn(Cc2ccccc2)c(Cl)c1CO. The maximum absolute atomic E-state index is 9.14. The molecule has 84 valence electrons. The average molecular weight is 237 g/mol. The molecule has 0 spiro atoms. The van der Waals surface area contributed by atoms with E-state index in [2.05, 4.69) is 5.10 Å². The molecule has 1 N–H and O–H groups in total. The number of benzene rings is 1. The molecule has 0 saturated carbocycles. The molecule has 0 atom stereocenters. The van der Waals surface area contributed by atoms with Crippen LogP contribution in [0.15, 0.2) is 30.3 Å². The van der Waals surface area contributed by atoms with Gasteiger partial charge in [0.05, 0.1) is 18.8 Å². The number of hydrogen-bond acceptors (Lipinski definition) is 2. The third kappa shape index (κ3) is 2.10. The monoisotopic (exact) mass is 236 g/mol. The van der Waals surface area contributed by atoms with E-state index in [4.69, 9.17) is 16.7 Å². The number of aromatic nitrogens is 2. The van der Waals surface area contributed by atoms with Crippen LogP contribution in [0.5, 0.6) is 0 Å². The molecular weight excluding hydrogens is 224 g/mol. The average Bonchev–Trinajstić information content (AvgIpc) is 2.55. The second-order valence-corrected chi connectivity index (χ2v) is 4.01.